The largest absolute Gasteiger partial charge is 0.411 e. The Morgan fingerprint density at radius 1 is 0.532 bits per heavy atom. The molecule has 3 saturated heterocycles. The summed E-state index contributed by atoms with van der Waals surface area (Å²) in [6.07, 6.45) is -2.15. The quantitative estimate of drug-likeness (QED) is 0.0956. The van der Waals surface area contributed by atoms with Crippen LogP contribution in [0.15, 0.2) is 126 Å². The molecule has 3 heterocycles. The fourth-order valence-corrected chi connectivity index (χ4v) is 10.7. The van der Waals surface area contributed by atoms with Crippen molar-refractivity contribution in [1.29, 1.82) is 0 Å². The van der Waals surface area contributed by atoms with Gasteiger partial charge in [0.1, 0.15) is 29.9 Å². The Labute approximate surface area is 375 Å². The first-order chi connectivity index (χ1) is 29.8. The third-order valence-electron chi connectivity index (χ3n) is 12.7. The Kier molecular flexibility index (Phi) is 16.6. The highest BCUT2D eigenvalue weighted by molar-refractivity contribution is 7.99. The molecule has 0 aliphatic carbocycles. The van der Waals surface area contributed by atoms with Crippen LogP contribution in [0.4, 0.5) is 0 Å². The molecule has 3 aliphatic rings. The highest BCUT2D eigenvalue weighted by atomic mass is 32.2. The van der Waals surface area contributed by atoms with Crippen molar-refractivity contribution in [3.05, 3.63) is 138 Å². The molecule has 9 nitrogen and oxygen atoms in total. The van der Waals surface area contributed by atoms with E-state index in [2.05, 4.69) is 96.2 Å². The predicted molar refractivity (Wildman–Crippen MR) is 246 cm³/mol. The van der Waals surface area contributed by atoms with Gasteiger partial charge in [0, 0.05) is 17.7 Å². The normalized spacial score (nSPS) is 30.8. The van der Waals surface area contributed by atoms with Crippen molar-refractivity contribution in [2.75, 3.05) is 0 Å². The molecule has 0 unspecified atom stereocenters. The molecule has 3 aliphatic heterocycles. The van der Waals surface area contributed by atoms with Crippen LogP contribution < -0.4 is 0 Å². The second kappa shape index (κ2) is 21.8. The molecule has 0 saturated carbocycles. The maximum absolute atomic E-state index is 7.10. The molecule has 0 spiro atoms. The lowest BCUT2D eigenvalue weighted by Gasteiger charge is -2.48. The minimum atomic E-state index is -1.99. The number of hydrogen-bond donors (Lipinski definition) is 0. The number of ether oxygens (including phenoxy) is 8. The second-order valence-corrected chi connectivity index (χ2v) is 24.4. The van der Waals surface area contributed by atoms with Gasteiger partial charge in [0.15, 0.2) is 20.9 Å². The van der Waals surface area contributed by atoms with Gasteiger partial charge in [-0.2, -0.15) is 0 Å². The van der Waals surface area contributed by atoms with Gasteiger partial charge in [-0.1, -0.05) is 142 Å². The average Bonchev–Trinajstić information content (AvgIpc) is 3.25. The van der Waals surface area contributed by atoms with Crippen LogP contribution in [0, 0.1) is 0 Å². The topological polar surface area (TPSA) is 83.1 Å². The molecule has 0 bridgehead atoms. The van der Waals surface area contributed by atoms with Crippen LogP contribution in [0.2, 0.25) is 18.1 Å². The summed E-state index contributed by atoms with van der Waals surface area (Å²) in [7, 11) is -1.99. The first-order valence-corrected chi connectivity index (χ1v) is 26.2. The van der Waals surface area contributed by atoms with E-state index in [0.29, 0.717) is 26.2 Å². The lowest BCUT2D eigenvalue weighted by molar-refractivity contribution is -0.331. The maximum atomic E-state index is 7.10. The van der Waals surface area contributed by atoms with Crippen molar-refractivity contribution in [3.63, 3.8) is 0 Å². The summed E-state index contributed by atoms with van der Waals surface area (Å²) in [6, 6.07) is 41.0. The van der Waals surface area contributed by atoms with Gasteiger partial charge in [0.05, 0.1) is 50.3 Å². The van der Waals surface area contributed by atoms with Crippen LogP contribution in [-0.4, -0.2) is 81.3 Å². The summed E-state index contributed by atoms with van der Waals surface area (Å²) in [4.78, 5) is 1.09. The van der Waals surface area contributed by atoms with Crippen LogP contribution in [0.1, 0.15) is 77.5 Å². The zero-order chi connectivity index (χ0) is 43.7. The third kappa shape index (κ3) is 12.7. The Balaban J connectivity index is 1.12. The molecule has 336 valence electrons. The van der Waals surface area contributed by atoms with Crippen molar-refractivity contribution < 1.29 is 42.3 Å². The molecule has 3 fully saturated rings. The molecule has 62 heavy (non-hydrogen) atoms. The Bertz CT molecular complexity index is 1900. The highest BCUT2D eigenvalue weighted by Crippen LogP contribution is 2.41. The molecule has 0 aromatic heterocycles. The van der Waals surface area contributed by atoms with Gasteiger partial charge in [-0.15, -0.1) is 0 Å². The van der Waals surface area contributed by atoms with Crippen LogP contribution in [0.25, 0.3) is 0 Å². The molecule has 0 radical (unpaired) electrons. The maximum Gasteiger partial charge on any atom is 0.192 e. The van der Waals surface area contributed by atoms with E-state index in [1.54, 1.807) is 11.8 Å². The van der Waals surface area contributed by atoms with E-state index < -0.39 is 39.2 Å². The molecule has 0 N–H and O–H groups in total. The Morgan fingerprint density at radius 3 is 1.55 bits per heavy atom. The minimum absolute atomic E-state index is 0.0205. The minimum Gasteiger partial charge on any atom is -0.411 e. The monoisotopic (exact) mass is 884 g/mol. The van der Waals surface area contributed by atoms with Gasteiger partial charge < -0.3 is 42.3 Å². The first-order valence-electron chi connectivity index (χ1n) is 22.5. The van der Waals surface area contributed by atoms with Gasteiger partial charge in [-0.05, 0) is 74.1 Å². The number of thioether (sulfide) groups is 1. The van der Waals surface area contributed by atoms with E-state index in [1.807, 2.05) is 79.7 Å². The fourth-order valence-electron chi connectivity index (χ4n) is 8.13. The molecular formula is C51H68O9SSi. The zero-order valence-electron chi connectivity index (χ0n) is 37.8. The SMILES string of the molecule is C[C@@H]1O[C@@H](O[C@@H]2C[C@H](O[C@H]3[C@H](OCc4ccccc4)[C@@H](OCc4ccccc4)[C@H](Sc4ccccc4)O[C@@H]3C)O[C@H](C)[C@H]2OCc2ccccc2)CC[C@@H]1O[Si](C)(C)C(C)(C)C. The second-order valence-electron chi connectivity index (χ2n) is 18.5. The van der Waals surface area contributed by atoms with Crippen LogP contribution in [-0.2, 0) is 62.1 Å². The standard InChI is InChI=1S/C51H68O9SSi/c1-35-42(60-62(7,8)51(4,5)6)29-30-44(55-35)58-43-31-45(56-36(2)46(43)52-32-38-21-13-9-14-22-38)59-47-37(3)57-50(61-41-27-19-12-20-28-41)49(54-34-40-25-17-11-18-26-40)48(47)53-33-39-23-15-10-16-24-39/h9-28,35-37,42-50H,29-34H2,1-8H3/t35-,36+,37+,42-,43+,44-,45-,46+,47+,48-,49+,50-/m0/s1. The average molecular weight is 885 g/mol. The zero-order valence-corrected chi connectivity index (χ0v) is 39.6. The summed E-state index contributed by atoms with van der Waals surface area (Å²) in [5.74, 6) is 0. The van der Waals surface area contributed by atoms with Gasteiger partial charge in [0.2, 0.25) is 0 Å². The van der Waals surface area contributed by atoms with Gasteiger partial charge in [-0.25, -0.2) is 0 Å². The number of rotatable bonds is 17. The molecule has 7 rings (SSSR count). The van der Waals surface area contributed by atoms with Crippen molar-refractivity contribution in [1.82, 2.24) is 0 Å². The van der Waals surface area contributed by atoms with Gasteiger partial charge in [-0.3, -0.25) is 0 Å². The number of hydrogen-bond acceptors (Lipinski definition) is 10. The fraction of sp³-hybridized carbons (Fsp3) is 0.529. The molecule has 11 heteroatoms. The van der Waals surface area contributed by atoms with Gasteiger partial charge in [0.25, 0.3) is 0 Å². The van der Waals surface area contributed by atoms with Crippen molar-refractivity contribution >= 4 is 20.1 Å². The summed E-state index contributed by atoms with van der Waals surface area (Å²) >= 11 is 1.64. The smallest absolute Gasteiger partial charge is 0.192 e. The Hall–Kier alpha value is -2.91. The lowest BCUT2D eigenvalue weighted by Crippen LogP contribution is -2.60. The van der Waals surface area contributed by atoms with E-state index in [0.717, 1.165) is 34.4 Å². The van der Waals surface area contributed by atoms with Crippen LogP contribution >= 0.6 is 11.8 Å². The van der Waals surface area contributed by atoms with E-state index in [4.69, 9.17) is 42.3 Å². The summed E-state index contributed by atoms with van der Waals surface area (Å²) < 4.78 is 61.6. The van der Waals surface area contributed by atoms with Crippen molar-refractivity contribution in [2.24, 2.45) is 0 Å². The molecule has 4 aromatic rings. The summed E-state index contributed by atoms with van der Waals surface area (Å²) in [5, 5.41) is 0.110. The van der Waals surface area contributed by atoms with Gasteiger partial charge >= 0.3 is 0 Å². The highest BCUT2D eigenvalue weighted by Gasteiger charge is 2.50. The van der Waals surface area contributed by atoms with Crippen LogP contribution in [0.5, 0.6) is 0 Å². The molecule has 12 atom stereocenters. The van der Waals surface area contributed by atoms with E-state index in [9.17, 15) is 0 Å². The summed E-state index contributed by atoms with van der Waals surface area (Å²) in [5.41, 5.74) is 2.84. The molecule has 4 aromatic carbocycles. The third-order valence-corrected chi connectivity index (χ3v) is 18.3. The van der Waals surface area contributed by atoms with Crippen LogP contribution in [0.3, 0.4) is 0 Å². The molecular weight excluding hydrogens is 817 g/mol. The lowest BCUT2D eigenvalue weighted by atomic mass is 9.98. The van der Waals surface area contributed by atoms with E-state index >= 15 is 0 Å². The number of benzene rings is 4. The van der Waals surface area contributed by atoms with Crippen molar-refractivity contribution in [3.8, 4) is 0 Å². The predicted octanol–water partition coefficient (Wildman–Crippen LogP) is 11.1. The van der Waals surface area contributed by atoms with E-state index in [-0.39, 0.29) is 47.1 Å². The molecule has 0 amide bonds. The summed E-state index contributed by atoms with van der Waals surface area (Å²) in [6.45, 7) is 18.8. The van der Waals surface area contributed by atoms with Crippen molar-refractivity contribution in [2.45, 2.75) is 177 Å². The van der Waals surface area contributed by atoms with E-state index in [1.165, 1.54) is 0 Å². The Morgan fingerprint density at radius 2 is 1.02 bits per heavy atom. The first kappa shape index (κ1) is 47.1.